The lowest BCUT2D eigenvalue weighted by molar-refractivity contribution is -0.122. The molecule has 0 radical (unpaired) electrons. The van der Waals surface area contributed by atoms with E-state index >= 15 is 0 Å². The molecule has 0 aliphatic heterocycles. The summed E-state index contributed by atoms with van der Waals surface area (Å²) >= 11 is 0. The second-order valence-corrected chi connectivity index (χ2v) is 9.60. The predicted octanol–water partition coefficient (Wildman–Crippen LogP) is 3.48. The van der Waals surface area contributed by atoms with Crippen LogP contribution in [0.4, 0.5) is 5.69 Å². The molecule has 5 rings (SSSR count). The van der Waals surface area contributed by atoms with E-state index < -0.39 is 29.6 Å². The number of benzene rings is 2. The van der Waals surface area contributed by atoms with Gasteiger partial charge in [-0.25, -0.2) is 9.36 Å². The Kier molecular flexibility index (Phi) is 6.69. The maximum atomic E-state index is 13.6. The molecule has 1 aliphatic rings. The normalized spacial score (nSPS) is 13.9. The molecule has 9 heteroatoms. The van der Waals surface area contributed by atoms with Gasteiger partial charge in [0, 0.05) is 17.1 Å². The van der Waals surface area contributed by atoms with Crippen LogP contribution in [0.2, 0.25) is 0 Å². The summed E-state index contributed by atoms with van der Waals surface area (Å²) in [5.41, 5.74) is 1.77. The van der Waals surface area contributed by atoms with E-state index in [9.17, 15) is 19.2 Å². The Labute approximate surface area is 213 Å². The summed E-state index contributed by atoms with van der Waals surface area (Å²) in [6, 6.07) is 12.8. The smallest absolute Gasteiger partial charge is 0.332 e. The van der Waals surface area contributed by atoms with Crippen LogP contribution in [0.25, 0.3) is 22.1 Å². The fourth-order valence-electron chi connectivity index (χ4n) is 5.19. The minimum Gasteiger partial charge on any atom is -0.449 e. The molecular formula is C28H30N4O5. The SMILES string of the molecule is CCc1cccc(C)c1NC(=O)Cn1c(=O)n(CC(=O)NC2CCCC2)c(=O)c2oc3ccccc3c21. The molecule has 2 N–H and O–H groups in total. The van der Waals surface area contributed by atoms with Crippen molar-refractivity contribution >= 4 is 39.6 Å². The van der Waals surface area contributed by atoms with Crippen LogP contribution in [0.1, 0.15) is 43.7 Å². The van der Waals surface area contributed by atoms with Crippen LogP contribution in [0.15, 0.2) is 56.5 Å². The topological polar surface area (TPSA) is 115 Å². The Hall–Kier alpha value is -4.14. The van der Waals surface area contributed by atoms with Gasteiger partial charge in [-0.05, 0) is 49.4 Å². The number of aromatic nitrogens is 2. The molecule has 1 aliphatic carbocycles. The van der Waals surface area contributed by atoms with Crippen LogP contribution in [-0.4, -0.2) is 27.0 Å². The Balaban J connectivity index is 1.57. The van der Waals surface area contributed by atoms with Crippen molar-refractivity contribution in [3.05, 3.63) is 74.4 Å². The molecule has 0 unspecified atom stereocenters. The summed E-state index contributed by atoms with van der Waals surface area (Å²) in [5.74, 6) is -0.830. The van der Waals surface area contributed by atoms with Crippen molar-refractivity contribution in [2.24, 2.45) is 0 Å². The average molecular weight is 503 g/mol. The van der Waals surface area contributed by atoms with Gasteiger partial charge in [0.15, 0.2) is 0 Å². The first-order valence-corrected chi connectivity index (χ1v) is 12.7. The van der Waals surface area contributed by atoms with Gasteiger partial charge in [-0.3, -0.25) is 19.0 Å². The maximum absolute atomic E-state index is 13.6. The number of hydrogen-bond acceptors (Lipinski definition) is 5. The van der Waals surface area contributed by atoms with Crippen molar-refractivity contribution in [2.75, 3.05) is 5.32 Å². The minimum absolute atomic E-state index is 0.0491. The van der Waals surface area contributed by atoms with E-state index in [0.29, 0.717) is 16.7 Å². The fourth-order valence-corrected chi connectivity index (χ4v) is 5.19. The maximum Gasteiger partial charge on any atom is 0.332 e. The highest BCUT2D eigenvalue weighted by Crippen LogP contribution is 2.26. The molecule has 2 aromatic carbocycles. The van der Waals surface area contributed by atoms with E-state index in [0.717, 1.165) is 47.8 Å². The third kappa shape index (κ3) is 4.69. The van der Waals surface area contributed by atoms with Crippen LogP contribution < -0.4 is 21.9 Å². The van der Waals surface area contributed by atoms with Gasteiger partial charge in [-0.1, -0.05) is 50.1 Å². The van der Waals surface area contributed by atoms with Crippen molar-refractivity contribution in [3.63, 3.8) is 0 Å². The molecule has 0 atom stereocenters. The summed E-state index contributed by atoms with van der Waals surface area (Å²) in [4.78, 5) is 52.9. The van der Waals surface area contributed by atoms with Gasteiger partial charge in [0.2, 0.25) is 17.4 Å². The van der Waals surface area contributed by atoms with Gasteiger partial charge in [0.25, 0.3) is 5.56 Å². The molecule has 1 saturated carbocycles. The standard InChI is InChI=1S/C28H30N4O5/c1-3-18-10-8-9-17(2)24(18)30-23(34)15-31-25-20-13-6-7-14-21(20)37-26(25)27(35)32(28(31)36)16-22(33)29-19-11-4-5-12-19/h6-10,13-14,19H,3-5,11-12,15-16H2,1-2H3,(H,29,33)(H,30,34). The first-order valence-electron chi connectivity index (χ1n) is 12.7. The van der Waals surface area contributed by atoms with Gasteiger partial charge in [0.05, 0.1) is 0 Å². The highest BCUT2D eigenvalue weighted by atomic mass is 16.3. The van der Waals surface area contributed by atoms with E-state index in [1.54, 1.807) is 24.3 Å². The second-order valence-electron chi connectivity index (χ2n) is 9.60. The monoisotopic (exact) mass is 502 g/mol. The lowest BCUT2D eigenvalue weighted by Crippen LogP contribution is -2.46. The van der Waals surface area contributed by atoms with E-state index in [1.807, 2.05) is 32.0 Å². The number of fused-ring (bicyclic) bond motifs is 3. The van der Waals surface area contributed by atoms with Crippen molar-refractivity contribution < 1.29 is 14.0 Å². The van der Waals surface area contributed by atoms with Crippen molar-refractivity contribution in [1.29, 1.82) is 0 Å². The molecule has 192 valence electrons. The number of rotatable bonds is 7. The van der Waals surface area contributed by atoms with E-state index in [4.69, 9.17) is 4.42 Å². The minimum atomic E-state index is -0.735. The van der Waals surface area contributed by atoms with Gasteiger partial charge in [0.1, 0.15) is 24.2 Å². The van der Waals surface area contributed by atoms with E-state index in [2.05, 4.69) is 10.6 Å². The number of carbonyl (C=O) groups excluding carboxylic acids is 2. The summed E-state index contributed by atoms with van der Waals surface area (Å²) < 4.78 is 7.92. The Bertz CT molecular complexity index is 1620. The summed E-state index contributed by atoms with van der Waals surface area (Å²) in [7, 11) is 0. The van der Waals surface area contributed by atoms with Crippen LogP contribution in [0, 0.1) is 6.92 Å². The number of para-hydroxylation sites is 2. The molecule has 9 nitrogen and oxygen atoms in total. The number of anilines is 1. The van der Waals surface area contributed by atoms with Crippen molar-refractivity contribution in [2.45, 2.75) is 65.1 Å². The molecule has 1 fully saturated rings. The summed E-state index contributed by atoms with van der Waals surface area (Å²) in [6.45, 7) is 3.12. The quantitative estimate of drug-likeness (QED) is 0.402. The van der Waals surface area contributed by atoms with Crippen molar-refractivity contribution in [3.8, 4) is 0 Å². The number of amides is 2. The molecule has 2 heterocycles. The number of nitrogens with one attached hydrogen (secondary N) is 2. The number of carbonyl (C=O) groups is 2. The number of aryl methyl sites for hydroxylation is 2. The Morgan fingerprint density at radius 1 is 0.973 bits per heavy atom. The number of furan rings is 1. The van der Waals surface area contributed by atoms with Crippen LogP contribution in [0.5, 0.6) is 0 Å². The van der Waals surface area contributed by atoms with Gasteiger partial charge >= 0.3 is 5.69 Å². The predicted molar refractivity (Wildman–Crippen MR) is 142 cm³/mol. The third-order valence-corrected chi connectivity index (χ3v) is 7.07. The van der Waals surface area contributed by atoms with Gasteiger partial charge < -0.3 is 15.1 Å². The highest BCUT2D eigenvalue weighted by Gasteiger charge is 2.24. The molecule has 0 spiro atoms. The largest absolute Gasteiger partial charge is 0.449 e. The molecule has 0 bridgehead atoms. The molecule has 37 heavy (non-hydrogen) atoms. The zero-order valence-corrected chi connectivity index (χ0v) is 21.0. The number of nitrogens with zero attached hydrogens (tertiary/aromatic N) is 2. The first-order chi connectivity index (χ1) is 17.9. The number of hydrogen-bond donors (Lipinski definition) is 2. The van der Waals surface area contributed by atoms with E-state index in [1.165, 1.54) is 4.57 Å². The highest BCUT2D eigenvalue weighted by molar-refractivity contribution is 6.03. The molecule has 2 aromatic heterocycles. The summed E-state index contributed by atoms with van der Waals surface area (Å²) in [6.07, 6.45) is 4.57. The zero-order valence-electron chi connectivity index (χ0n) is 21.0. The van der Waals surface area contributed by atoms with Crippen LogP contribution >= 0.6 is 0 Å². The third-order valence-electron chi connectivity index (χ3n) is 7.07. The van der Waals surface area contributed by atoms with Crippen LogP contribution in [-0.2, 0) is 29.1 Å². The van der Waals surface area contributed by atoms with Gasteiger partial charge in [-0.2, -0.15) is 0 Å². The first kappa shape index (κ1) is 24.5. The van der Waals surface area contributed by atoms with Crippen LogP contribution in [0.3, 0.4) is 0 Å². The lowest BCUT2D eigenvalue weighted by atomic mass is 10.1. The molecular weight excluding hydrogens is 472 g/mol. The lowest BCUT2D eigenvalue weighted by Gasteiger charge is -2.16. The second kappa shape index (κ2) is 10.1. The summed E-state index contributed by atoms with van der Waals surface area (Å²) in [5, 5.41) is 6.40. The van der Waals surface area contributed by atoms with E-state index in [-0.39, 0.29) is 23.7 Å². The molecule has 0 saturated heterocycles. The van der Waals surface area contributed by atoms with Crippen molar-refractivity contribution in [1.82, 2.24) is 14.5 Å². The zero-order chi connectivity index (χ0) is 26.1. The van der Waals surface area contributed by atoms with Gasteiger partial charge in [-0.15, -0.1) is 0 Å². The molecule has 2 amide bonds. The fraction of sp³-hybridized carbons (Fsp3) is 0.357. The average Bonchev–Trinajstić information content (AvgIpc) is 3.53. The Morgan fingerprint density at radius 2 is 1.70 bits per heavy atom. The Morgan fingerprint density at radius 3 is 2.46 bits per heavy atom. The molecule has 4 aromatic rings.